The highest BCUT2D eigenvalue weighted by atomic mass is 19.2. The molecule has 1 fully saturated rings. The minimum absolute atomic E-state index is 0.0274. The van der Waals surface area contributed by atoms with E-state index in [4.69, 9.17) is 9.47 Å². The molecule has 0 atom stereocenters. The highest BCUT2D eigenvalue weighted by Crippen LogP contribution is 2.38. The molecule has 3 aromatic carbocycles. The van der Waals surface area contributed by atoms with E-state index in [2.05, 4.69) is 13.5 Å². The van der Waals surface area contributed by atoms with Gasteiger partial charge in [-0.25, -0.2) is 13.6 Å². The first-order chi connectivity index (χ1) is 17.3. The fourth-order valence-corrected chi connectivity index (χ4v) is 4.47. The Morgan fingerprint density at radius 1 is 0.861 bits per heavy atom. The maximum atomic E-state index is 14.8. The van der Waals surface area contributed by atoms with Crippen molar-refractivity contribution < 1.29 is 31.8 Å². The minimum atomic E-state index is -1.20. The molecular formula is C29H26F4O3. The predicted molar refractivity (Wildman–Crippen MR) is 129 cm³/mol. The Balaban J connectivity index is 1.48. The number of halogens is 4. The van der Waals surface area contributed by atoms with Gasteiger partial charge in [0, 0.05) is 5.56 Å². The van der Waals surface area contributed by atoms with Crippen LogP contribution >= 0.6 is 0 Å². The van der Waals surface area contributed by atoms with E-state index in [1.165, 1.54) is 54.6 Å². The number of ether oxygens (including phenoxy) is 2. The zero-order chi connectivity index (χ0) is 25.8. The number of carbonyl (C=O) groups is 1. The smallest absolute Gasteiger partial charge is 0.343 e. The van der Waals surface area contributed by atoms with Gasteiger partial charge in [-0.05, 0) is 66.1 Å². The molecule has 0 heterocycles. The number of carbonyl (C=O) groups excluding carboxylic acids is 1. The Kier molecular flexibility index (Phi) is 7.77. The van der Waals surface area contributed by atoms with Crippen LogP contribution in [0.15, 0.2) is 61.2 Å². The highest BCUT2D eigenvalue weighted by molar-refractivity contribution is 5.91. The summed E-state index contributed by atoms with van der Waals surface area (Å²) in [5.74, 6) is -5.56. The molecule has 0 bridgehead atoms. The summed E-state index contributed by atoms with van der Waals surface area (Å²) < 4.78 is 68.5. The third kappa shape index (κ3) is 5.30. The molecule has 0 N–H and O–H groups in total. The number of rotatable bonds is 7. The molecule has 188 valence electrons. The van der Waals surface area contributed by atoms with Crippen LogP contribution in [0.1, 0.15) is 54.4 Å². The lowest BCUT2D eigenvalue weighted by atomic mass is 9.79. The second kappa shape index (κ2) is 11.0. The summed E-state index contributed by atoms with van der Waals surface area (Å²) in [6.07, 6.45) is 4.91. The molecule has 7 heteroatoms. The van der Waals surface area contributed by atoms with Gasteiger partial charge in [-0.1, -0.05) is 50.6 Å². The maximum absolute atomic E-state index is 14.8. The molecule has 0 saturated heterocycles. The predicted octanol–water partition coefficient (Wildman–Crippen LogP) is 7.99. The summed E-state index contributed by atoms with van der Waals surface area (Å²) in [5, 5.41) is 0. The maximum Gasteiger partial charge on any atom is 0.343 e. The molecule has 1 aliphatic rings. The fraction of sp³-hybridized carbons (Fsp3) is 0.276. The molecule has 1 aliphatic carbocycles. The lowest BCUT2D eigenvalue weighted by Gasteiger charge is -2.27. The van der Waals surface area contributed by atoms with Gasteiger partial charge in [0.15, 0.2) is 23.1 Å². The number of hydrogen-bond donors (Lipinski definition) is 0. The first-order valence-corrected chi connectivity index (χ1v) is 11.8. The van der Waals surface area contributed by atoms with Crippen molar-refractivity contribution in [2.24, 2.45) is 5.92 Å². The van der Waals surface area contributed by atoms with Crippen molar-refractivity contribution in [3.8, 4) is 22.6 Å². The summed E-state index contributed by atoms with van der Waals surface area (Å²) in [6.45, 7) is 5.63. The van der Waals surface area contributed by atoms with Gasteiger partial charge in [0.05, 0.1) is 5.56 Å². The first-order valence-electron chi connectivity index (χ1n) is 11.8. The quantitative estimate of drug-likeness (QED) is 0.143. The molecular weight excluding hydrogens is 472 g/mol. The molecule has 3 aromatic rings. The van der Waals surface area contributed by atoms with E-state index in [1.807, 2.05) is 0 Å². The molecule has 4 rings (SSSR count). The molecule has 0 amide bonds. The Bertz CT molecular complexity index is 1260. The standard InChI is InChI=1S/C29H26F4O3/c1-3-16-35-23-14-12-21(25(30)27(23)32)19-8-10-20(11-9-19)29(34)36-24-15-13-22(26(31)28(24)33)18-6-4-17(2)5-7-18/h3,8-15,17-18H,1,4-7,16H2,2H3. The Hall–Kier alpha value is -3.61. The fourth-order valence-electron chi connectivity index (χ4n) is 4.47. The molecule has 0 radical (unpaired) electrons. The molecule has 0 aliphatic heterocycles. The summed E-state index contributed by atoms with van der Waals surface area (Å²) >= 11 is 0. The zero-order valence-corrected chi connectivity index (χ0v) is 19.8. The van der Waals surface area contributed by atoms with Gasteiger partial charge in [-0.3, -0.25) is 0 Å². The van der Waals surface area contributed by atoms with Gasteiger partial charge in [0.25, 0.3) is 0 Å². The first kappa shape index (κ1) is 25.5. The zero-order valence-electron chi connectivity index (χ0n) is 19.8. The van der Waals surface area contributed by atoms with E-state index in [9.17, 15) is 22.4 Å². The van der Waals surface area contributed by atoms with Gasteiger partial charge >= 0.3 is 5.97 Å². The second-order valence-electron chi connectivity index (χ2n) is 9.04. The molecule has 0 spiro atoms. The van der Waals surface area contributed by atoms with E-state index in [0.717, 1.165) is 25.7 Å². The lowest BCUT2D eigenvalue weighted by molar-refractivity contribution is 0.0726. The minimum Gasteiger partial charge on any atom is -0.486 e. The van der Waals surface area contributed by atoms with E-state index in [1.54, 1.807) is 0 Å². The van der Waals surface area contributed by atoms with Crippen LogP contribution in [0.4, 0.5) is 17.6 Å². The molecule has 1 saturated carbocycles. The van der Waals surface area contributed by atoms with Crippen LogP contribution in [0.2, 0.25) is 0 Å². The van der Waals surface area contributed by atoms with Crippen molar-refractivity contribution in [3.63, 3.8) is 0 Å². The van der Waals surface area contributed by atoms with E-state index in [0.29, 0.717) is 17.0 Å². The average molecular weight is 499 g/mol. The SMILES string of the molecule is C=CCOc1ccc(-c2ccc(C(=O)Oc3ccc(C4CCC(C)CC4)c(F)c3F)cc2)c(F)c1F. The molecule has 3 nitrogen and oxygen atoms in total. The van der Waals surface area contributed by atoms with Gasteiger partial charge in [-0.15, -0.1) is 0 Å². The van der Waals surface area contributed by atoms with Crippen molar-refractivity contribution in [2.45, 2.75) is 38.5 Å². The normalized spacial score (nSPS) is 17.5. The topological polar surface area (TPSA) is 35.5 Å². The Labute approximate surface area is 207 Å². The van der Waals surface area contributed by atoms with Crippen LogP contribution in [0, 0.1) is 29.2 Å². The Morgan fingerprint density at radius 3 is 2.17 bits per heavy atom. The van der Waals surface area contributed by atoms with Crippen LogP contribution in [0.3, 0.4) is 0 Å². The Morgan fingerprint density at radius 2 is 1.50 bits per heavy atom. The van der Waals surface area contributed by atoms with Crippen LogP contribution in [-0.4, -0.2) is 12.6 Å². The van der Waals surface area contributed by atoms with E-state index >= 15 is 0 Å². The second-order valence-corrected chi connectivity index (χ2v) is 9.04. The molecule has 0 aromatic heterocycles. The van der Waals surface area contributed by atoms with Crippen molar-refractivity contribution in [2.75, 3.05) is 6.61 Å². The van der Waals surface area contributed by atoms with Gasteiger partial charge < -0.3 is 9.47 Å². The van der Waals surface area contributed by atoms with Gasteiger partial charge in [0.1, 0.15) is 6.61 Å². The van der Waals surface area contributed by atoms with Crippen molar-refractivity contribution in [1.29, 1.82) is 0 Å². The third-order valence-corrected chi connectivity index (χ3v) is 6.57. The highest BCUT2D eigenvalue weighted by Gasteiger charge is 2.26. The summed E-state index contributed by atoms with van der Waals surface area (Å²) in [4.78, 5) is 12.5. The number of hydrogen-bond acceptors (Lipinski definition) is 3. The number of benzene rings is 3. The summed E-state index contributed by atoms with van der Waals surface area (Å²) in [7, 11) is 0. The van der Waals surface area contributed by atoms with Crippen LogP contribution in [-0.2, 0) is 0 Å². The summed E-state index contributed by atoms with van der Waals surface area (Å²) in [5.41, 5.74) is 0.621. The van der Waals surface area contributed by atoms with Crippen LogP contribution in [0.25, 0.3) is 11.1 Å². The van der Waals surface area contributed by atoms with Gasteiger partial charge in [0.2, 0.25) is 11.6 Å². The monoisotopic (exact) mass is 498 g/mol. The summed E-state index contributed by atoms with van der Waals surface area (Å²) in [6, 6.07) is 10.9. The van der Waals surface area contributed by atoms with Crippen LogP contribution < -0.4 is 9.47 Å². The van der Waals surface area contributed by atoms with Crippen molar-refractivity contribution in [3.05, 3.63) is 95.6 Å². The average Bonchev–Trinajstić information content (AvgIpc) is 2.88. The third-order valence-electron chi connectivity index (χ3n) is 6.57. The van der Waals surface area contributed by atoms with Crippen LogP contribution in [0.5, 0.6) is 11.5 Å². The largest absolute Gasteiger partial charge is 0.486 e. The molecule has 36 heavy (non-hydrogen) atoms. The van der Waals surface area contributed by atoms with Crippen molar-refractivity contribution >= 4 is 5.97 Å². The van der Waals surface area contributed by atoms with Crippen molar-refractivity contribution in [1.82, 2.24) is 0 Å². The lowest BCUT2D eigenvalue weighted by Crippen LogP contribution is -2.14. The molecule has 0 unspecified atom stereocenters. The van der Waals surface area contributed by atoms with Gasteiger partial charge in [-0.2, -0.15) is 8.78 Å². The number of esters is 1. The van der Waals surface area contributed by atoms with E-state index in [-0.39, 0.29) is 29.4 Å². The van der Waals surface area contributed by atoms with E-state index < -0.39 is 35.0 Å².